The number of benzene rings is 1. The molecule has 3 rings (SSSR count). The molecule has 2 aromatic rings. The summed E-state index contributed by atoms with van der Waals surface area (Å²) in [6, 6.07) is 9.95. The van der Waals surface area contributed by atoms with Crippen LogP contribution in [0.4, 0.5) is 5.69 Å². The molecule has 1 saturated carbocycles. The number of para-hydroxylation sites is 1. The van der Waals surface area contributed by atoms with Gasteiger partial charge in [-0.15, -0.1) is 12.4 Å². The van der Waals surface area contributed by atoms with Gasteiger partial charge in [-0.25, -0.2) is 4.68 Å². The summed E-state index contributed by atoms with van der Waals surface area (Å²) in [4.78, 5) is 12.6. The summed E-state index contributed by atoms with van der Waals surface area (Å²) >= 11 is 0. The van der Waals surface area contributed by atoms with Crippen molar-refractivity contribution in [3.05, 3.63) is 41.7 Å². The van der Waals surface area contributed by atoms with Crippen molar-refractivity contribution in [2.45, 2.75) is 33.1 Å². The number of aromatic nitrogens is 2. The predicted octanol–water partition coefficient (Wildman–Crippen LogP) is 3.22. The normalized spacial score (nSPS) is 19.8. The van der Waals surface area contributed by atoms with Crippen molar-refractivity contribution in [2.24, 2.45) is 17.6 Å². The van der Waals surface area contributed by atoms with Crippen LogP contribution in [0, 0.1) is 25.7 Å². The summed E-state index contributed by atoms with van der Waals surface area (Å²) in [5.74, 6) is 0.412. The second kappa shape index (κ2) is 7.81. The highest BCUT2D eigenvalue weighted by Crippen LogP contribution is 2.32. The minimum absolute atomic E-state index is 0. The largest absolute Gasteiger partial charge is 0.330 e. The molecule has 0 radical (unpaired) electrons. The van der Waals surface area contributed by atoms with Gasteiger partial charge in [0.2, 0.25) is 5.91 Å². The Morgan fingerprint density at radius 1 is 1.29 bits per heavy atom. The van der Waals surface area contributed by atoms with Gasteiger partial charge in [0, 0.05) is 5.92 Å². The lowest BCUT2D eigenvalue weighted by Gasteiger charge is -2.17. The van der Waals surface area contributed by atoms with Gasteiger partial charge in [-0.2, -0.15) is 5.10 Å². The van der Waals surface area contributed by atoms with E-state index in [1.807, 2.05) is 48.9 Å². The Balaban J connectivity index is 0.00000208. The average Bonchev–Trinajstić information content (AvgIpc) is 3.15. The molecule has 0 bridgehead atoms. The fraction of sp³-hybridized carbons (Fsp3) is 0.444. The van der Waals surface area contributed by atoms with E-state index in [1.165, 1.54) is 0 Å². The summed E-state index contributed by atoms with van der Waals surface area (Å²) in [6.45, 7) is 4.49. The second-order valence-corrected chi connectivity index (χ2v) is 6.32. The highest BCUT2D eigenvalue weighted by molar-refractivity contribution is 5.94. The zero-order valence-electron chi connectivity index (χ0n) is 14.2. The molecule has 5 nitrogen and oxygen atoms in total. The Labute approximate surface area is 149 Å². The lowest BCUT2D eigenvalue weighted by atomic mass is 9.95. The number of hydrogen-bond donors (Lipinski definition) is 2. The molecule has 0 spiro atoms. The summed E-state index contributed by atoms with van der Waals surface area (Å²) in [6.07, 6.45) is 3.07. The van der Waals surface area contributed by atoms with Gasteiger partial charge in [0.05, 0.1) is 22.8 Å². The zero-order valence-corrected chi connectivity index (χ0v) is 15.0. The van der Waals surface area contributed by atoms with Gasteiger partial charge in [-0.3, -0.25) is 4.79 Å². The molecule has 1 aliphatic carbocycles. The number of halogens is 1. The second-order valence-electron chi connectivity index (χ2n) is 6.32. The quantitative estimate of drug-likeness (QED) is 0.890. The van der Waals surface area contributed by atoms with E-state index in [-0.39, 0.29) is 24.2 Å². The van der Waals surface area contributed by atoms with Crippen molar-refractivity contribution < 1.29 is 4.79 Å². The Bertz CT molecular complexity index is 699. The molecule has 2 atom stereocenters. The third kappa shape index (κ3) is 3.47. The molecule has 0 saturated heterocycles. The standard InChI is InChI=1S/C18H24N4O.ClH/c1-12-17(20-18(23)16-10-6-7-14(16)11-19)13(2)22(21-12)15-8-4-3-5-9-15;/h3-5,8-9,14,16H,6-7,10-11,19H2,1-2H3,(H,20,23);1H/t14-,16-;/m1./s1. The van der Waals surface area contributed by atoms with Crippen LogP contribution in [0.5, 0.6) is 0 Å². The summed E-state index contributed by atoms with van der Waals surface area (Å²) in [7, 11) is 0. The van der Waals surface area contributed by atoms with Crippen molar-refractivity contribution in [2.75, 3.05) is 11.9 Å². The van der Waals surface area contributed by atoms with Crippen LogP contribution >= 0.6 is 12.4 Å². The van der Waals surface area contributed by atoms with E-state index < -0.39 is 0 Å². The van der Waals surface area contributed by atoms with Gasteiger partial charge < -0.3 is 11.1 Å². The molecule has 1 fully saturated rings. The highest BCUT2D eigenvalue weighted by Gasteiger charge is 2.32. The molecule has 0 unspecified atom stereocenters. The first-order valence-corrected chi connectivity index (χ1v) is 8.24. The van der Waals surface area contributed by atoms with Crippen LogP contribution in [-0.2, 0) is 4.79 Å². The van der Waals surface area contributed by atoms with Gasteiger partial charge in [0.15, 0.2) is 0 Å². The maximum atomic E-state index is 12.6. The number of carbonyl (C=O) groups excluding carboxylic acids is 1. The SMILES string of the molecule is Cc1nn(-c2ccccc2)c(C)c1NC(=O)[C@@H]1CCC[C@@H]1CN.Cl. The molecule has 1 aromatic heterocycles. The van der Waals surface area contributed by atoms with Gasteiger partial charge in [0.25, 0.3) is 0 Å². The topological polar surface area (TPSA) is 72.9 Å². The van der Waals surface area contributed by atoms with E-state index in [9.17, 15) is 4.79 Å². The number of aryl methyl sites for hydroxylation is 1. The summed E-state index contributed by atoms with van der Waals surface area (Å²) in [5, 5.41) is 7.67. The van der Waals surface area contributed by atoms with Crippen LogP contribution in [0.15, 0.2) is 30.3 Å². The minimum atomic E-state index is 0. The van der Waals surface area contributed by atoms with Crippen LogP contribution in [0.1, 0.15) is 30.7 Å². The number of nitrogens with one attached hydrogen (secondary N) is 1. The van der Waals surface area contributed by atoms with E-state index in [1.54, 1.807) is 0 Å². The molecule has 1 aromatic carbocycles. The van der Waals surface area contributed by atoms with Gasteiger partial charge in [0.1, 0.15) is 0 Å². The first-order valence-electron chi connectivity index (χ1n) is 8.24. The van der Waals surface area contributed by atoms with Crippen molar-refractivity contribution >= 4 is 24.0 Å². The van der Waals surface area contributed by atoms with Crippen molar-refractivity contribution in [1.29, 1.82) is 0 Å². The minimum Gasteiger partial charge on any atom is -0.330 e. The number of carbonyl (C=O) groups is 1. The number of nitrogens with zero attached hydrogens (tertiary/aromatic N) is 2. The number of anilines is 1. The third-order valence-corrected chi connectivity index (χ3v) is 4.84. The van der Waals surface area contributed by atoms with Gasteiger partial charge in [-0.1, -0.05) is 24.6 Å². The number of rotatable bonds is 4. The van der Waals surface area contributed by atoms with Crippen LogP contribution in [0.25, 0.3) is 5.69 Å². The monoisotopic (exact) mass is 348 g/mol. The van der Waals surface area contributed by atoms with E-state index in [4.69, 9.17) is 5.73 Å². The predicted molar refractivity (Wildman–Crippen MR) is 98.8 cm³/mol. The van der Waals surface area contributed by atoms with Crippen LogP contribution in [0.3, 0.4) is 0 Å². The van der Waals surface area contributed by atoms with E-state index in [0.717, 1.165) is 42.0 Å². The fourth-order valence-corrected chi connectivity index (χ4v) is 3.52. The van der Waals surface area contributed by atoms with Crippen LogP contribution < -0.4 is 11.1 Å². The molecule has 130 valence electrons. The molecule has 1 amide bonds. The van der Waals surface area contributed by atoms with E-state index >= 15 is 0 Å². The molecule has 6 heteroatoms. The third-order valence-electron chi connectivity index (χ3n) is 4.84. The number of amides is 1. The lowest BCUT2D eigenvalue weighted by Crippen LogP contribution is -2.30. The maximum absolute atomic E-state index is 12.6. The fourth-order valence-electron chi connectivity index (χ4n) is 3.52. The van der Waals surface area contributed by atoms with E-state index in [0.29, 0.717) is 12.5 Å². The Kier molecular flexibility index (Phi) is 6.02. The van der Waals surface area contributed by atoms with E-state index in [2.05, 4.69) is 10.4 Å². The molecular weight excluding hydrogens is 324 g/mol. The lowest BCUT2D eigenvalue weighted by molar-refractivity contribution is -0.120. The first-order chi connectivity index (χ1) is 11.1. The Morgan fingerprint density at radius 2 is 2.00 bits per heavy atom. The zero-order chi connectivity index (χ0) is 16.4. The van der Waals surface area contributed by atoms with Crippen molar-refractivity contribution in [3.8, 4) is 5.69 Å². The molecule has 3 N–H and O–H groups in total. The molecular formula is C18H25ClN4O. The summed E-state index contributed by atoms with van der Waals surface area (Å²) in [5.41, 5.74) is 9.40. The number of hydrogen-bond acceptors (Lipinski definition) is 3. The van der Waals surface area contributed by atoms with Crippen molar-refractivity contribution in [3.63, 3.8) is 0 Å². The van der Waals surface area contributed by atoms with Crippen molar-refractivity contribution in [1.82, 2.24) is 9.78 Å². The Morgan fingerprint density at radius 3 is 2.67 bits per heavy atom. The molecule has 0 aliphatic heterocycles. The average molecular weight is 349 g/mol. The molecule has 1 aliphatic rings. The van der Waals surface area contributed by atoms with Crippen LogP contribution in [-0.4, -0.2) is 22.2 Å². The Hall–Kier alpha value is -1.85. The first kappa shape index (κ1) is 18.5. The van der Waals surface area contributed by atoms with Gasteiger partial charge >= 0.3 is 0 Å². The number of nitrogens with two attached hydrogens (primary N) is 1. The smallest absolute Gasteiger partial charge is 0.227 e. The van der Waals surface area contributed by atoms with Crippen LogP contribution in [0.2, 0.25) is 0 Å². The highest BCUT2D eigenvalue weighted by atomic mass is 35.5. The maximum Gasteiger partial charge on any atom is 0.227 e. The van der Waals surface area contributed by atoms with Gasteiger partial charge in [-0.05, 0) is 51.3 Å². The molecule has 1 heterocycles. The molecule has 24 heavy (non-hydrogen) atoms. The summed E-state index contributed by atoms with van der Waals surface area (Å²) < 4.78 is 1.88.